The highest BCUT2D eigenvalue weighted by atomic mass is 32.2. The third-order valence-corrected chi connectivity index (χ3v) is 6.71. The second kappa shape index (κ2) is 7.60. The highest BCUT2D eigenvalue weighted by molar-refractivity contribution is 7.93. The molecular weight excluding hydrogens is 366 g/mol. The third-order valence-electron chi connectivity index (χ3n) is 4.96. The lowest BCUT2D eigenvalue weighted by Gasteiger charge is -2.27. The fourth-order valence-corrected chi connectivity index (χ4v) is 5.15. The first kappa shape index (κ1) is 19.2. The molecule has 0 saturated heterocycles. The molecule has 0 amide bonds. The zero-order valence-electron chi connectivity index (χ0n) is 15.3. The first-order valence-electron chi connectivity index (χ1n) is 8.80. The summed E-state index contributed by atoms with van der Waals surface area (Å²) in [6.07, 6.45) is 2.38. The zero-order valence-corrected chi connectivity index (χ0v) is 16.1. The number of carboxylic acids is 1. The lowest BCUT2D eigenvalue weighted by atomic mass is 9.95. The van der Waals surface area contributed by atoms with Crippen molar-refractivity contribution in [2.24, 2.45) is 5.92 Å². The van der Waals surface area contributed by atoms with Gasteiger partial charge in [0.2, 0.25) is 10.0 Å². The molecule has 0 aliphatic heterocycles. The summed E-state index contributed by atoms with van der Waals surface area (Å²) in [4.78, 5) is 11.2. The lowest BCUT2D eigenvalue weighted by Crippen LogP contribution is -2.32. The van der Waals surface area contributed by atoms with Crippen molar-refractivity contribution in [3.63, 3.8) is 0 Å². The molecule has 1 aliphatic rings. The van der Waals surface area contributed by atoms with Gasteiger partial charge in [0.25, 0.3) is 0 Å². The molecule has 0 heterocycles. The number of carbonyl (C=O) groups is 1. The average Bonchev–Trinajstić information content (AvgIpc) is 2.63. The number of carboxylic acid groups (broad SMARTS) is 1. The monoisotopic (exact) mass is 389 g/mol. The second-order valence-electron chi connectivity index (χ2n) is 6.84. The minimum absolute atomic E-state index is 0.0105. The first-order chi connectivity index (χ1) is 12.8. The molecule has 0 bridgehead atoms. The van der Waals surface area contributed by atoms with Gasteiger partial charge in [-0.05, 0) is 29.9 Å². The summed E-state index contributed by atoms with van der Waals surface area (Å²) >= 11 is 0. The van der Waals surface area contributed by atoms with Crippen molar-refractivity contribution in [2.45, 2.75) is 31.4 Å². The van der Waals surface area contributed by atoms with E-state index in [0.29, 0.717) is 29.5 Å². The van der Waals surface area contributed by atoms with Crippen LogP contribution in [0, 0.1) is 5.92 Å². The van der Waals surface area contributed by atoms with Crippen molar-refractivity contribution in [1.29, 1.82) is 0 Å². The van der Waals surface area contributed by atoms with Gasteiger partial charge in [0.05, 0.1) is 30.2 Å². The van der Waals surface area contributed by atoms with Crippen molar-refractivity contribution in [3.8, 4) is 0 Å². The molecule has 2 aromatic rings. The van der Waals surface area contributed by atoms with E-state index in [-0.39, 0.29) is 12.3 Å². The van der Waals surface area contributed by atoms with Crippen molar-refractivity contribution in [2.75, 3.05) is 11.8 Å². The Morgan fingerprint density at radius 1 is 1.26 bits per heavy atom. The van der Waals surface area contributed by atoms with E-state index < -0.39 is 21.2 Å². The average molecular weight is 389 g/mol. The topological polar surface area (TPSA) is 92.7 Å². The van der Waals surface area contributed by atoms with E-state index in [1.165, 1.54) is 0 Å². The number of nitrogens with one attached hydrogen (secondary N) is 1. The molecule has 2 aromatic carbocycles. The van der Waals surface area contributed by atoms with E-state index in [2.05, 4.69) is 4.72 Å². The molecule has 27 heavy (non-hydrogen) atoms. The minimum atomic E-state index is -3.69. The van der Waals surface area contributed by atoms with Crippen molar-refractivity contribution < 1.29 is 23.1 Å². The number of benzene rings is 2. The van der Waals surface area contributed by atoms with Crippen LogP contribution in [0.5, 0.6) is 0 Å². The van der Waals surface area contributed by atoms with Crippen LogP contribution in [0.4, 0.5) is 5.69 Å². The van der Waals surface area contributed by atoms with E-state index in [1.54, 1.807) is 25.3 Å². The van der Waals surface area contributed by atoms with Gasteiger partial charge in [-0.3, -0.25) is 9.52 Å². The molecule has 3 rings (SSSR count). The lowest BCUT2D eigenvalue weighted by molar-refractivity contribution is -0.136. The van der Waals surface area contributed by atoms with Crippen molar-refractivity contribution in [1.82, 2.24) is 0 Å². The van der Waals surface area contributed by atoms with E-state index in [9.17, 15) is 18.3 Å². The van der Waals surface area contributed by atoms with Gasteiger partial charge in [-0.1, -0.05) is 43.3 Å². The Kier molecular flexibility index (Phi) is 5.41. The predicted octanol–water partition coefficient (Wildman–Crippen LogP) is 3.54. The van der Waals surface area contributed by atoms with Crippen LogP contribution in [0.25, 0.3) is 10.8 Å². The largest absolute Gasteiger partial charge is 0.501 e. The molecular formula is C20H23NO5S. The van der Waals surface area contributed by atoms with Gasteiger partial charge in [-0.25, -0.2) is 8.42 Å². The summed E-state index contributed by atoms with van der Waals surface area (Å²) in [6.45, 7) is 1.94. The smallest absolute Gasteiger partial charge is 0.307 e. The Bertz CT molecular complexity index is 997. The summed E-state index contributed by atoms with van der Waals surface area (Å²) in [5, 5.41) is 10.1. The highest BCUT2D eigenvalue weighted by Gasteiger charge is 2.32. The molecule has 7 heteroatoms. The van der Waals surface area contributed by atoms with Gasteiger partial charge >= 0.3 is 5.97 Å². The van der Waals surface area contributed by atoms with E-state index in [0.717, 1.165) is 11.1 Å². The number of fused-ring (bicyclic) bond motifs is 1. The molecule has 0 fully saturated rings. The molecule has 6 nitrogen and oxygen atoms in total. The van der Waals surface area contributed by atoms with Gasteiger partial charge in [0.15, 0.2) is 0 Å². The number of anilines is 1. The van der Waals surface area contributed by atoms with Crippen LogP contribution in [0.1, 0.15) is 25.3 Å². The number of aliphatic carboxylic acids is 1. The van der Waals surface area contributed by atoms with E-state index >= 15 is 0 Å². The van der Waals surface area contributed by atoms with Crippen LogP contribution in [0.2, 0.25) is 0 Å². The Hall–Kier alpha value is -2.54. The number of sulfonamides is 1. The first-order valence-corrected chi connectivity index (χ1v) is 10.3. The number of hydrogen-bond acceptors (Lipinski definition) is 4. The highest BCUT2D eigenvalue weighted by Crippen LogP contribution is 2.33. The number of rotatable bonds is 6. The molecule has 0 spiro atoms. The van der Waals surface area contributed by atoms with E-state index in [4.69, 9.17) is 4.74 Å². The fraction of sp³-hybridized carbons (Fsp3) is 0.350. The number of ether oxygens (including phenoxy) is 1. The third kappa shape index (κ3) is 4.08. The van der Waals surface area contributed by atoms with Gasteiger partial charge in [0, 0.05) is 11.3 Å². The zero-order chi connectivity index (χ0) is 19.6. The van der Waals surface area contributed by atoms with Crippen LogP contribution in [-0.2, 0) is 26.0 Å². The fourth-order valence-electron chi connectivity index (χ4n) is 3.57. The van der Waals surface area contributed by atoms with Crippen LogP contribution in [0.15, 0.2) is 48.2 Å². The molecule has 1 aliphatic carbocycles. The molecule has 2 atom stereocenters. The predicted molar refractivity (Wildman–Crippen MR) is 105 cm³/mol. The Labute approximate surface area is 158 Å². The maximum Gasteiger partial charge on any atom is 0.307 e. The van der Waals surface area contributed by atoms with Gasteiger partial charge in [-0.15, -0.1) is 0 Å². The molecule has 0 saturated carbocycles. The van der Waals surface area contributed by atoms with Gasteiger partial charge < -0.3 is 9.84 Å². The summed E-state index contributed by atoms with van der Waals surface area (Å²) in [7, 11) is -2.11. The quantitative estimate of drug-likeness (QED) is 0.788. The van der Waals surface area contributed by atoms with E-state index in [1.807, 2.05) is 31.2 Å². The van der Waals surface area contributed by atoms with Crippen LogP contribution >= 0.6 is 0 Å². The maximum atomic E-state index is 13.0. The number of hydrogen-bond donors (Lipinski definition) is 2. The summed E-state index contributed by atoms with van der Waals surface area (Å²) in [5.74, 6) is -0.195. The normalized spacial score (nSPS) is 20.1. The van der Waals surface area contributed by atoms with Crippen molar-refractivity contribution >= 4 is 32.5 Å². The van der Waals surface area contributed by atoms with Crippen LogP contribution < -0.4 is 4.72 Å². The Morgan fingerprint density at radius 2 is 2.00 bits per heavy atom. The molecule has 0 aromatic heterocycles. The second-order valence-corrected chi connectivity index (χ2v) is 8.80. The summed E-state index contributed by atoms with van der Waals surface area (Å²) < 4.78 is 34.1. The number of allylic oxidation sites excluding steroid dienone is 2. The molecule has 2 N–H and O–H groups in total. The van der Waals surface area contributed by atoms with Gasteiger partial charge in [0.1, 0.15) is 0 Å². The Balaban J connectivity index is 1.99. The van der Waals surface area contributed by atoms with Crippen LogP contribution in [0.3, 0.4) is 0 Å². The van der Waals surface area contributed by atoms with Crippen molar-refractivity contribution in [3.05, 3.63) is 53.8 Å². The maximum absolute atomic E-state index is 13.0. The standard InChI is InChI=1S/C20H23NO5S/c1-13-11-16(9-10-18(13)26-2)27(24,25)21-20-15(12-19(22)23)8-7-14-5-3-4-6-17(14)20/h3-8,10,13,16,21H,9,11-12H2,1-2H3,(H,22,23). The van der Waals surface area contributed by atoms with Crippen LogP contribution in [-0.4, -0.2) is 31.9 Å². The molecule has 0 radical (unpaired) electrons. The SMILES string of the molecule is COC1=CCC(S(=O)(=O)Nc2c(CC(=O)O)ccc3ccccc23)CC1C. The number of methoxy groups -OCH3 is 1. The summed E-state index contributed by atoms with van der Waals surface area (Å²) in [6, 6.07) is 10.8. The summed E-state index contributed by atoms with van der Waals surface area (Å²) in [5.41, 5.74) is 0.798. The molecule has 144 valence electrons. The molecule has 2 unspecified atom stereocenters. The Morgan fingerprint density at radius 3 is 2.67 bits per heavy atom. The van der Waals surface area contributed by atoms with Gasteiger partial charge in [-0.2, -0.15) is 0 Å². The minimum Gasteiger partial charge on any atom is -0.501 e.